The Kier molecular flexibility index (Phi) is 6.92. The lowest BCUT2D eigenvalue weighted by molar-refractivity contribution is 0.0564. The van der Waals surface area contributed by atoms with Crippen LogP contribution in [0.15, 0.2) is 75.2 Å². The zero-order valence-electron chi connectivity index (χ0n) is 19.9. The molecule has 0 bridgehead atoms. The normalized spacial score (nSPS) is 19.3. The minimum atomic E-state index is -2.82. The van der Waals surface area contributed by atoms with E-state index in [9.17, 15) is 18.0 Å². The molecular formula is C26H18ClF3N6OS2. The fourth-order valence-corrected chi connectivity index (χ4v) is 6.26. The number of benzene rings is 1. The van der Waals surface area contributed by atoms with E-state index in [-0.39, 0.29) is 10.9 Å². The van der Waals surface area contributed by atoms with Crippen molar-refractivity contribution < 1.29 is 18.0 Å². The van der Waals surface area contributed by atoms with Gasteiger partial charge in [0.15, 0.2) is 5.01 Å². The Balaban J connectivity index is 1.48. The zero-order chi connectivity index (χ0) is 27.1. The Hall–Kier alpha value is -3.61. The molecular weight excluding hydrogens is 569 g/mol. The average molecular weight is 587 g/mol. The van der Waals surface area contributed by atoms with Gasteiger partial charge in [-0.25, -0.2) is 19.0 Å². The number of allylic oxidation sites excluding steroid dienone is 1. The van der Waals surface area contributed by atoms with Gasteiger partial charge in [-0.05, 0) is 36.1 Å². The third-order valence-corrected chi connectivity index (χ3v) is 8.34. The van der Waals surface area contributed by atoms with Crippen LogP contribution in [0.2, 0.25) is 5.02 Å². The van der Waals surface area contributed by atoms with Crippen LogP contribution in [0.25, 0.3) is 5.57 Å². The number of hydrogen-bond donors (Lipinski definition) is 0. The molecule has 0 radical (unpaired) electrons. The number of rotatable bonds is 6. The molecule has 5 heterocycles. The van der Waals surface area contributed by atoms with E-state index >= 15 is 0 Å². The summed E-state index contributed by atoms with van der Waals surface area (Å²) < 4.78 is 41.5. The standard InChI is InChI=1S/C26H18ClF3N6OS2/c27-17-11-15(28)3-4-16(17)22-21(18-5-7-36(34-18)26(29)30)19-10-14(12-32-24(37)25-31-6-9-39-25)13-35(19)23(33-22)20-2-1-8-38-20/h1-9,11-12,14,22,26H,10,13H2/b32-12+/t14-,22+/m1/s1. The second kappa shape index (κ2) is 10.5. The molecule has 0 aliphatic carbocycles. The van der Waals surface area contributed by atoms with E-state index in [0.29, 0.717) is 45.3 Å². The smallest absolute Gasteiger partial charge is 0.328 e. The maximum atomic E-state index is 14.0. The van der Waals surface area contributed by atoms with E-state index in [2.05, 4.69) is 15.1 Å². The Morgan fingerprint density at radius 3 is 2.77 bits per heavy atom. The molecule has 0 unspecified atom stereocenters. The molecule has 1 amide bonds. The molecule has 0 N–H and O–H groups in total. The maximum absolute atomic E-state index is 14.0. The van der Waals surface area contributed by atoms with E-state index in [4.69, 9.17) is 16.6 Å². The van der Waals surface area contributed by atoms with Crippen LogP contribution < -0.4 is 0 Å². The van der Waals surface area contributed by atoms with Gasteiger partial charge in [0.05, 0.1) is 10.6 Å². The molecule has 1 fully saturated rings. The first-order valence-electron chi connectivity index (χ1n) is 11.8. The SMILES string of the molecule is O=C(/N=C/[C@H]1CC2=C(c3ccn(C(F)F)n3)[C@H](c3ccc(F)cc3Cl)N=C(c3cccs3)N2C1)c1nccs1. The highest BCUT2D eigenvalue weighted by atomic mass is 35.5. The zero-order valence-corrected chi connectivity index (χ0v) is 22.3. The number of nitrogens with zero attached hydrogens (tertiary/aromatic N) is 6. The van der Waals surface area contributed by atoms with Gasteiger partial charge in [0, 0.05) is 58.3 Å². The average Bonchev–Trinajstić information content (AvgIpc) is 3.73. The number of amides is 1. The van der Waals surface area contributed by atoms with E-state index in [1.807, 2.05) is 22.4 Å². The molecule has 0 spiro atoms. The monoisotopic (exact) mass is 586 g/mol. The molecule has 2 aliphatic rings. The number of hydrogen-bond acceptors (Lipinski definition) is 7. The number of halogens is 4. The second-order valence-corrected chi connectivity index (χ2v) is 11.1. The summed E-state index contributed by atoms with van der Waals surface area (Å²) in [5.74, 6) is -0.432. The number of carbonyl (C=O) groups excluding carboxylic acids is 1. The third-order valence-electron chi connectivity index (χ3n) is 6.39. The first-order valence-corrected chi connectivity index (χ1v) is 13.9. The van der Waals surface area contributed by atoms with E-state index in [1.54, 1.807) is 23.9 Å². The van der Waals surface area contributed by atoms with Crippen molar-refractivity contribution >= 4 is 57.8 Å². The summed E-state index contributed by atoms with van der Waals surface area (Å²) in [5, 5.41) is 8.24. The summed E-state index contributed by atoms with van der Waals surface area (Å²) in [7, 11) is 0. The highest BCUT2D eigenvalue weighted by Gasteiger charge is 2.40. The molecule has 0 saturated carbocycles. The van der Waals surface area contributed by atoms with Crippen molar-refractivity contribution in [3.05, 3.63) is 97.2 Å². The molecule has 39 heavy (non-hydrogen) atoms. The van der Waals surface area contributed by atoms with Gasteiger partial charge < -0.3 is 4.90 Å². The van der Waals surface area contributed by atoms with Crippen molar-refractivity contribution in [1.82, 2.24) is 19.7 Å². The Morgan fingerprint density at radius 1 is 1.21 bits per heavy atom. The lowest BCUT2D eigenvalue weighted by Crippen LogP contribution is -2.33. The van der Waals surface area contributed by atoms with Crippen molar-refractivity contribution in [2.75, 3.05) is 6.54 Å². The minimum Gasteiger partial charge on any atom is -0.328 e. The summed E-state index contributed by atoms with van der Waals surface area (Å²) >= 11 is 9.21. The van der Waals surface area contributed by atoms with Gasteiger partial charge in [-0.3, -0.25) is 9.79 Å². The van der Waals surface area contributed by atoms with Crippen LogP contribution >= 0.6 is 34.3 Å². The summed E-state index contributed by atoms with van der Waals surface area (Å²) in [6.07, 6.45) is 4.81. The van der Waals surface area contributed by atoms with Crippen LogP contribution in [0.5, 0.6) is 0 Å². The van der Waals surface area contributed by atoms with Crippen molar-refractivity contribution in [2.24, 2.45) is 15.9 Å². The molecule has 3 aromatic heterocycles. The van der Waals surface area contributed by atoms with Crippen LogP contribution in [0.1, 0.15) is 44.9 Å². The number of carbonyl (C=O) groups is 1. The molecule has 1 saturated heterocycles. The minimum absolute atomic E-state index is 0.166. The fraction of sp³-hybridized carbons (Fsp3) is 0.192. The van der Waals surface area contributed by atoms with Gasteiger partial charge in [-0.2, -0.15) is 13.9 Å². The number of amidine groups is 1. The highest BCUT2D eigenvalue weighted by Crippen LogP contribution is 2.47. The lowest BCUT2D eigenvalue weighted by Gasteiger charge is -2.32. The molecule has 2 aliphatic heterocycles. The number of aromatic nitrogens is 3. The number of aliphatic imine (C=N–C) groups is 2. The van der Waals surface area contributed by atoms with Crippen LogP contribution in [0.3, 0.4) is 0 Å². The van der Waals surface area contributed by atoms with Crippen LogP contribution in [-0.2, 0) is 0 Å². The van der Waals surface area contributed by atoms with Gasteiger partial charge in [0.1, 0.15) is 17.7 Å². The number of thiazole rings is 1. The highest BCUT2D eigenvalue weighted by molar-refractivity contribution is 7.12. The van der Waals surface area contributed by atoms with Crippen LogP contribution in [0.4, 0.5) is 13.2 Å². The molecule has 4 aromatic rings. The van der Waals surface area contributed by atoms with Gasteiger partial charge in [0.2, 0.25) is 0 Å². The summed E-state index contributed by atoms with van der Waals surface area (Å²) in [5.41, 5.74) is 2.23. The molecule has 7 nitrogen and oxygen atoms in total. The molecule has 6 rings (SSSR count). The van der Waals surface area contributed by atoms with E-state index in [0.717, 1.165) is 10.6 Å². The number of alkyl halides is 2. The first kappa shape index (κ1) is 25.7. The summed E-state index contributed by atoms with van der Waals surface area (Å²) in [6.45, 7) is -2.36. The quantitative estimate of drug-likeness (QED) is 0.235. The predicted octanol–water partition coefficient (Wildman–Crippen LogP) is 6.73. The first-order chi connectivity index (χ1) is 18.9. The largest absolute Gasteiger partial charge is 0.333 e. The Labute approximate surface area is 233 Å². The topological polar surface area (TPSA) is 75.7 Å². The maximum Gasteiger partial charge on any atom is 0.333 e. The molecule has 13 heteroatoms. The Bertz CT molecular complexity index is 1610. The van der Waals surface area contributed by atoms with E-state index < -0.39 is 24.3 Å². The van der Waals surface area contributed by atoms with E-state index in [1.165, 1.54) is 47.1 Å². The van der Waals surface area contributed by atoms with Gasteiger partial charge >= 0.3 is 12.5 Å². The summed E-state index contributed by atoms with van der Waals surface area (Å²) in [4.78, 5) is 28.6. The molecule has 1 aromatic carbocycles. The molecule has 2 atom stereocenters. The number of thiophene rings is 1. The van der Waals surface area contributed by atoms with Gasteiger partial charge in [0.25, 0.3) is 0 Å². The van der Waals surface area contributed by atoms with Crippen LogP contribution in [0, 0.1) is 11.7 Å². The predicted molar refractivity (Wildman–Crippen MR) is 145 cm³/mol. The van der Waals surface area contributed by atoms with Gasteiger partial charge in [-0.15, -0.1) is 22.7 Å². The van der Waals surface area contributed by atoms with Crippen molar-refractivity contribution in [2.45, 2.75) is 19.0 Å². The van der Waals surface area contributed by atoms with Crippen molar-refractivity contribution in [3.8, 4) is 0 Å². The second-order valence-electron chi connectivity index (χ2n) is 8.81. The van der Waals surface area contributed by atoms with Crippen LogP contribution in [-0.4, -0.2) is 44.2 Å². The van der Waals surface area contributed by atoms with Crippen molar-refractivity contribution in [1.29, 1.82) is 0 Å². The third kappa shape index (κ3) is 4.95. The summed E-state index contributed by atoms with van der Waals surface area (Å²) in [6, 6.07) is 8.69. The fourth-order valence-electron chi connectivity index (χ4n) is 4.74. The number of fused-ring (bicyclic) bond motifs is 1. The molecule has 198 valence electrons. The van der Waals surface area contributed by atoms with Crippen molar-refractivity contribution in [3.63, 3.8) is 0 Å². The Morgan fingerprint density at radius 2 is 2.08 bits per heavy atom. The van der Waals surface area contributed by atoms with Gasteiger partial charge in [-0.1, -0.05) is 23.7 Å². The lowest BCUT2D eigenvalue weighted by atomic mass is 9.91.